The molecule has 0 bridgehead atoms. The summed E-state index contributed by atoms with van der Waals surface area (Å²) in [5.74, 6) is -5.13. The van der Waals surface area contributed by atoms with E-state index in [0.717, 1.165) is 18.9 Å². The highest BCUT2D eigenvalue weighted by atomic mass is 32.2. The first-order valence-corrected chi connectivity index (χ1v) is 5.36. The fourth-order valence-electron chi connectivity index (χ4n) is 1.14. The number of thioether (sulfide) groups is 1. The molecule has 0 aliphatic carbocycles. The Morgan fingerprint density at radius 2 is 2.00 bits per heavy atom. The predicted octanol–water partition coefficient (Wildman–Crippen LogP) is 2.67. The lowest BCUT2D eigenvalue weighted by atomic mass is 10.1. The molecule has 0 aliphatic heterocycles. The molecule has 0 aliphatic rings. The lowest BCUT2D eigenvalue weighted by Gasteiger charge is -2.16. The zero-order chi connectivity index (χ0) is 11.5. The molecule has 0 N–H and O–H groups in total. The van der Waals surface area contributed by atoms with Gasteiger partial charge in [0, 0.05) is 10.5 Å². The number of halogens is 2. The van der Waals surface area contributed by atoms with E-state index in [2.05, 4.69) is 4.74 Å². The molecule has 0 saturated heterocycles. The van der Waals surface area contributed by atoms with Crippen LogP contribution in [0, 0.1) is 0 Å². The molecule has 2 nitrogen and oxygen atoms in total. The fourth-order valence-corrected chi connectivity index (χ4v) is 1.77. The normalized spacial score (nSPS) is 11.2. The molecule has 82 valence electrons. The highest BCUT2D eigenvalue weighted by molar-refractivity contribution is 7.98. The summed E-state index contributed by atoms with van der Waals surface area (Å²) in [4.78, 5) is 11.3. The van der Waals surface area contributed by atoms with Crippen LogP contribution in [0.5, 0.6) is 0 Å². The summed E-state index contributed by atoms with van der Waals surface area (Å²) < 4.78 is 31.1. The summed E-state index contributed by atoms with van der Waals surface area (Å²) in [6, 6.07) is 5.87. The standard InChI is InChI=1S/C10H10F2O2S/c1-14-9(13)10(11,12)7-5-3-4-6-8(7)15-2/h3-6H,1-2H3. The SMILES string of the molecule is COC(=O)C(F)(F)c1ccccc1SC. The second kappa shape index (κ2) is 4.61. The highest BCUT2D eigenvalue weighted by Gasteiger charge is 2.43. The van der Waals surface area contributed by atoms with Gasteiger partial charge in [-0.3, -0.25) is 0 Å². The van der Waals surface area contributed by atoms with Gasteiger partial charge in [0.25, 0.3) is 0 Å². The Labute approximate surface area is 90.6 Å². The van der Waals surface area contributed by atoms with Gasteiger partial charge in [-0.1, -0.05) is 18.2 Å². The number of benzene rings is 1. The van der Waals surface area contributed by atoms with Gasteiger partial charge in [-0.2, -0.15) is 8.78 Å². The third-order valence-electron chi connectivity index (χ3n) is 1.89. The van der Waals surface area contributed by atoms with Crippen LogP contribution in [0.3, 0.4) is 0 Å². The molecule has 0 spiro atoms. The van der Waals surface area contributed by atoms with Gasteiger partial charge in [0.05, 0.1) is 7.11 Å². The van der Waals surface area contributed by atoms with Crippen molar-refractivity contribution in [2.75, 3.05) is 13.4 Å². The molecule has 0 atom stereocenters. The maximum absolute atomic E-state index is 13.5. The van der Waals surface area contributed by atoms with Crippen LogP contribution in [-0.2, 0) is 15.5 Å². The van der Waals surface area contributed by atoms with Crippen molar-refractivity contribution in [2.45, 2.75) is 10.8 Å². The molecule has 0 unspecified atom stereocenters. The fraction of sp³-hybridized carbons (Fsp3) is 0.300. The first-order valence-electron chi connectivity index (χ1n) is 4.13. The minimum atomic E-state index is -3.59. The van der Waals surface area contributed by atoms with Crippen LogP contribution in [0.2, 0.25) is 0 Å². The number of hydrogen-bond donors (Lipinski definition) is 0. The molecular formula is C10H10F2O2S. The van der Waals surface area contributed by atoms with Crippen molar-refractivity contribution in [2.24, 2.45) is 0 Å². The summed E-state index contributed by atoms with van der Waals surface area (Å²) in [6.45, 7) is 0. The number of carbonyl (C=O) groups is 1. The van der Waals surface area contributed by atoms with Crippen LogP contribution in [0.1, 0.15) is 5.56 Å². The van der Waals surface area contributed by atoms with Crippen molar-refractivity contribution in [3.8, 4) is 0 Å². The second-order valence-corrected chi connectivity index (χ2v) is 3.61. The molecule has 0 radical (unpaired) electrons. The van der Waals surface area contributed by atoms with Gasteiger partial charge in [0.1, 0.15) is 0 Å². The van der Waals surface area contributed by atoms with Gasteiger partial charge >= 0.3 is 11.9 Å². The Morgan fingerprint density at radius 1 is 1.40 bits per heavy atom. The maximum atomic E-state index is 13.5. The Balaban J connectivity index is 3.19. The molecule has 1 aromatic carbocycles. The van der Waals surface area contributed by atoms with Crippen molar-refractivity contribution < 1.29 is 18.3 Å². The van der Waals surface area contributed by atoms with Crippen LogP contribution in [0.15, 0.2) is 29.2 Å². The number of esters is 1. The summed E-state index contributed by atoms with van der Waals surface area (Å²) in [6.07, 6.45) is 1.67. The third kappa shape index (κ3) is 2.28. The van der Waals surface area contributed by atoms with Crippen molar-refractivity contribution in [3.05, 3.63) is 29.8 Å². The number of carbonyl (C=O) groups excluding carboxylic acids is 1. The van der Waals surface area contributed by atoms with Crippen LogP contribution in [-0.4, -0.2) is 19.3 Å². The second-order valence-electron chi connectivity index (χ2n) is 2.77. The van der Waals surface area contributed by atoms with Crippen LogP contribution in [0.4, 0.5) is 8.78 Å². The summed E-state index contributed by atoms with van der Waals surface area (Å²) in [7, 11) is 0.942. The van der Waals surface area contributed by atoms with E-state index in [4.69, 9.17) is 0 Å². The van der Waals surface area contributed by atoms with Gasteiger partial charge < -0.3 is 4.74 Å². The largest absolute Gasteiger partial charge is 0.464 e. The molecule has 0 amide bonds. The van der Waals surface area contributed by atoms with E-state index in [1.54, 1.807) is 12.3 Å². The van der Waals surface area contributed by atoms with Gasteiger partial charge in [0.15, 0.2) is 0 Å². The van der Waals surface area contributed by atoms with Gasteiger partial charge in [-0.05, 0) is 12.3 Å². The van der Waals surface area contributed by atoms with Gasteiger partial charge in [0.2, 0.25) is 0 Å². The van der Waals surface area contributed by atoms with Gasteiger partial charge in [-0.25, -0.2) is 4.79 Å². The molecule has 1 rings (SSSR count). The molecule has 0 fully saturated rings. The number of ether oxygens (including phenoxy) is 1. The predicted molar refractivity (Wildman–Crippen MR) is 54.1 cm³/mol. The van der Waals surface area contributed by atoms with Crippen molar-refractivity contribution in [1.29, 1.82) is 0 Å². The van der Waals surface area contributed by atoms with E-state index in [-0.39, 0.29) is 5.56 Å². The molecule has 0 saturated carbocycles. The average Bonchev–Trinajstić information content (AvgIpc) is 2.27. The van der Waals surface area contributed by atoms with E-state index >= 15 is 0 Å². The van der Waals surface area contributed by atoms with Crippen molar-refractivity contribution >= 4 is 17.7 Å². The molecule has 15 heavy (non-hydrogen) atoms. The molecule has 0 heterocycles. The first kappa shape index (κ1) is 12.0. The van der Waals surface area contributed by atoms with Gasteiger partial charge in [-0.15, -0.1) is 11.8 Å². The number of alkyl halides is 2. The lowest BCUT2D eigenvalue weighted by molar-refractivity contribution is -0.170. The molecule has 1 aromatic rings. The lowest BCUT2D eigenvalue weighted by Crippen LogP contribution is -2.27. The van der Waals surface area contributed by atoms with E-state index in [0.29, 0.717) is 4.90 Å². The van der Waals surface area contributed by atoms with Crippen molar-refractivity contribution in [1.82, 2.24) is 0 Å². The first-order chi connectivity index (χ1) is 7.04. The summed E-state index contributed by atoms with van der Waals surface area (Å²) in [5, 5.41) is 0. The quantitative estimate of drug-likeness (QED) is 0.592. The number of methoxy groups -OCH3 is 1. The molecule has 0 aromatic heterocycles. The van der Waals surface area contributed by atoms with E-state index < -0.39 is 11.9 Å². The Morgan fingerprint density at radius 3 is 2.53 bits per heavy atom. The van der Waals surface area contributed by atoms with E-state index in [1.165, 1.54) is 18.2 Å². The smallest absolute Gasteiger partial charge is 0.381 e. The minimum absolute atomic E-state index is 0.315. The summed E-state index contributed by atoms with van der Waals surface area (Å²) >= 11 is 1.16. The topological polar surface area (TPSA) is 26.3 Å². The van der Waals surface area contributed by atoms with Crippen LogP contribution in [0.25, 0.3) is 0 Å². The zero-order valence-electron chi connectivity index (χ0n) is 8.29. The maximum Gasteiger partial charge on any atom is 0.381 e. The zero-order valence-corrected chi connectivity index (χ0v) is 9.11. The van der Waals surface area contributed by atoms with E-state index in [9.17, 15) is 13.6 Å². The van der Waals surface area contributed by atoms with E-state index in [1.807, 2.05) is 0 Å². The Kier molecular flexibility index (Phi) is 3.68. The highest BCUT2D eigenvalue weighted by Crippen LogP contribution is 2.35. The Hall–Kier alpha value is -1.10. The average molecular weight is 232 g/mol. The van der Waals surface area contributed by atoms with Crippen molar-refractivity contribution in [3.63, 3.8) is 0 Å². The summed E-state index contributed by atoms with van der Waals surface area (Å²) in [5.41, 5.74) is -0.315. The third-order valence-corrected chi connectivity index (χ3v) is 2.68. The number of hydrogen-bond acceptors (Lipinski definition) is 3. The number of rotatable bonds is 3. The van der Waals surface area contributed by atoms with Crippen LogP contribution >= 0.6 is 11.8 Å². The minimum Gasteiger partial charge on any atom is -0.464 e. The molecular weight excluding hydrogens is 222 g/mol. The molecule has 5 heteroatoms. The van der Waals surface area contributed by atoms with Crippen LogP contribution < -0.4 is 0 Å². The monoisotopic (exact) mass is 232 g/mol. The Bertz CT molecular complexity index is 366.